The van der Waals surface area contributed by atoms with E-state index in [4.69, 9.17) is 47.1 Å². The number of ether oxygens (including phenoxy) is 4. The fraction of sp³-hybridized carbons (Fsp3) is 0.435. The van der Waals surface area contributed by atoms with Gasteiger partial charge in [-0.25, -0.2) is 29.2 Å². The Morgan fingerprint density at radius 1 is 0.938 bits per heavy atom. The molecule has 0 spiro atoms. The van der Waals surface area contributed by atoms with Gasteiger partial charge in [-0.15, -0.1) is 11.3 Å². The molecule has 2 atom stereocenters. The lowest BCUT2D eigenvalue weighted by Gasteiger charge is -2.24. The number of halogens is 1. The Bertz CT molecular complexity index is 2400. The zero-order chi connectivity index (χ0) is 47.3. The Morgan fingerprint density at radius 2 is 1.58 bits per heavy atom. The molecule has 19 heteroatoms. The van der Waals surface area contributed by atoms with E-state index in [0.717, 1.165) is 42.2 Å². The predicted octanol–water partition coefficient (Wildman–Crippen LogP) is 9.08. The van der Waals surface area contributed by atoms with Crippen LogP contribution in [-0.4, -0.2) is 90.2 Å². The number of anilines is 1. The molecule has 3 heterocycles. The monoisotopic (exact) mass is 944 g/mol. The summed E-state index contributed by atoms with van der Waals surface area (Å²) in [5.74, 6) is 0.0261. The number of carbonyl (C=O) groups excluding carboxylic acids is 4. The van der Waals surface area contributed by atoms with E-state index < -0.39 is 47.3 Å². The highest BCUT2D eigenvalue weighted by Gasteiger charge is 2.29. The number of hydrogen-bond donors (Lipinski definition) is 3. The number of nitriles is 1. The number of aromatic nitrogens is 2. The molecular weight excluding hydrogens is 892 g/mol. The van der Waals surface area contributed by atoms with Gasteiger partial charge in [-0.3, -0.25) is 4.79 Å². The van der Waals surface area contributed by atoms with Gasteiger partial charge in [0.1, 0.15) is 64.2 Å². The standard InChI is InChI=1S/C46H53ClN8O8S2/c1-28(51-39(56)35(53-44(59)63-46(5,6)7)19-20-50-43(58)62-45(2,3)4)42(57)61-24-23-60-33-17-13-29(14-18-33)36-34(25-48)41(54-38(37(36)49-8)55-21-9-10-22-55)65-27-32-26-64-40(52-32)30-11-15-31(47)16-12-30/h11-18,26,28,35H,9-10,19-24,27H2,1-7H3,(H,50,58)(H,51,56)(H,53,59)/t28-,35-/m0/s1. The number of thioether (sulfide) groups is 1. The number of nitrogens with zero attached hydrogens (tertiary/aromatic N) is 5. The van der Waals surface area contributed by atoms with Gasteiger partial charge in [-0.2, -0.15) is 5.26 Å². The summed E-state index contributed by atoms with van der Waals surface area (Å²) in [5.41, 5.74) is 1.95. The highest BCUT2D eigenvalue weighted by atomic mass is 35.5. The van der Waals surface area contributed by atoms with Crippen molar-refractivity contribution in [2.45, 2.75) is 102 Å². The number of amides is 3. The van der Waals surface area contributed by atoms with E-state index in [-0.39, 0.29) is 26.2 Å². The van der Waals surface area contributed by atoms with Gasteiger partial charge in [0.2, 0.25) is 11.6 Å². The first-order valence-corrected chi connectivity index (χ1v) is 23.2. The molecule has 0 bridgehead atoms. The minimum absolute atomic E-state index is 0.0207. The van der Waals surface area contributed by atoms with Crippen LogP contribution in [0.15, 0.2) is 58.9 Å². The lowest BCUT2D eigenvalue weighted by atomic mass is 9.99. The molecule has 65 heavy (non-hydrogen) atoms. The number of nitrogens with one attached hydrogen (secondary N) is 3. The highest BCUT2D eigenvalue weighted by molar-refractivity contribution is 7.98. The molecule has 1 aliphatic heterocycles. The number of pyridine rings is 1. The van der Waals surface area contributed by atoms with E-state index in [1.165, 1.54) is 30.0 Å². The van der Waals surface area contributed by atoms with Crippen LogP contribution in [0.2, 0.25) is 5.02 Å². The van der Waals surface area contributed by atoms with Crippen molar-refractivity contribution in [2.75, 3.05) is 37.7 Å². The van der Waals surface area contributed by atoms with Crippen molar-refractivity contribution in [1.82, 2.24) is 25.9 Å². The topological polar surface area (TPSA) is 198 Å². The Labute approximate surface area is 392 Å². The van der Waals surface area contributed by atoms with Crippen LogP contribution in [0, 0.1) is 17.9 Å². The summed E-state index contributed by atoms with van der Waals surface area (Å²) in [7, 11) is 0. The molecule has 0 radical (unpaired) electrons. The number of benzene rings is 2. The molecule has 1 saturated heterocycles. The fourth-order valence-electron chi connectivity index (χ4n) is 6.40. The van der Waals surface area contributed by atoms with E-state index in [1.54, 1.807) is 65.8 Å². The van der Waals surface area contributed by atoms with E-state index in [2.05, 4.69) is 31.8 Å². The maximum atomic E-state index is 13.2. The average Bonchev–Trinajstić information content (AvgIpc) is 3.96. The van der Waals surface area contributed by atoms with Crippen molar-refractivity contribution in [3.05, 3.63) is 81.6 Å². The van der Waals surface area contributed by atoms with Crippen LogP contribution in [0.25, 0.3) is 26.5 Å². The maximum absolute atomic E-state index is 13.2. The largest absolute Gasteiger partial charge is 0.490 e. The van der Waals surface area contributed by atoms with Crippen LogP contribution in [0.3, 0.4) is 0 Å². The molecule has 5 rings (SSSR count). The second-order valence-electron chi connectivity index (χ2n) is 16.9. The Hall–Kier alpha value is -6.08. The lowest BCUT2D eigenvalue weighted by molar-refractivity contribution is -0.148. The van der Waals surface area contributed by atoms with E-state index in [9.17, 15) is 24.4 Å². The molecule has 344 valence electrons. The molecule has 2 aromatic carbocycles. The van der Waals surface area contributed by atoms with Gasteiger partial charge in [0.05, 0.1) is 17.8 Å². The summed E-state index contributed by atoms with van der Waals surface area (Å²) in [5, 5.41) is 22.1. The molecule has 1 fully saturated rings. The quantitative estimate of drug-likeness (QED) is 0.0298. The first kappa shape index (κ1) is 49.9. The Kier molecular flexibility index (Phi) is 17.4. The van der Waals surface area contributed by atoms with Crippen LogP contribution in [0.1, 0.15) is 79.0 Å². The van der Waals surface area contributed by atoms with Gasteiger partial charge in [0, 0.05) is 46.9 Å². The third-order valence-electron chi connectivity index (χ3n) is 9.31. The van der Waals surface area contributed by atoms with Gasteiger partial charge < -0.3 is 39.8 Å². The van der Waals surface area contributed by atoms with Crippen molar-refractivity contribution in [3.63, 3.8) is 0 Å². The number of rotatable bonds is 17. The second-order valence-corrected chi connectivity index (χ2v) is 19.1. The molecule has 3 amide bonds. The Balaban J connectivity index is 1.20. The normalized spacial score (nSPS) is 13.4. The van der Waals surface area contributed by atoms with E-state index in [0.29, 0.717) is 49.7 Å². The zero-order valence-electron chi connectivity index (χ0n) is 37.4. The summed E-state index contributed by atoms with van der Waals surface area (Å²) < 4.78 is 21.8. The molecular formula is C46H53ClN8O8S2. The van der Waals surface area contributed by atoms with Gasteiger partial charge in [-0.1, -0.05) is 47.6 Å². The minimum Gasteiger partial charge on any atom is -0.490 e. The number of carbonyl (C=O) groups is 4. The van der Waals surface area contributed by atoms with E-state index >= 15 is 0 Å². The van der Waals surface area contributed by atoms with Gasteiger partial charge in [-0.05, 0) is 97.6 Å². The molecule has 0 saturated carbocycles. The van der Waals surface area contributed by atoms with Crippen LogP contribution < -0.4 is 25.6 Å². The lowest BCUT2D eigenvalue weighted by Crippen LogP contribution is -2.52. The van der Waals surface area contributed by atoms with Crippen molar-refractivity contribution in [3.8, 4) is 33.5 Å². The minimum atomic E-state index is -1.17. The second kappa shape index (κ2) is 22.7. The van der Waals surface area contributed by atoms with Gasteiger partial charge in [0.15, 0.2) is 0 Å². The van der Waals surface area contributed by atoms with Crippen molar-refractivity contribution in [1.29, 1.82) is 5.26 Å². The highest BCUT2D eigenvalue weighted by Crippen LogP contribution is 2.45. The summed E-state index contributed by atoms with van der Waals surface area (Å²) in [6.07, 6.45) is 0.378. The van der Waals surface area contributed by atoms with Crippen molar-refractivity contribution < 1.29 is 38.1 Å². The Morgan fingerprint density at radius 3 is 2.22 bits per heavy atom. The van der Waals surface area contributed by atoms with Crippen LogP contribution >= 0.6 is 34.7 Å². The zero-order valence-corrected chi connectivity index (χ0v) is 39.8. The summed E-state index contributed by atoms with van der Waals surface area (Å²) in [4.78, 5) is 66.5. The third kappa shape index (κ3) is 15.0. The van der Waals surface area contributed by atoms with Crippen LogP contribution in [0.4, 0.5) is 21.1 Å². The number of thiazole rings is 1. The average molecular weight is 946 g/mol. The summed E-state index contributed by atoms with van der Waals surface area (Å²) in [6.45, 7) is 21.1. The van der Waals surface area contributed by atoms with Crippen LogP contribution in [0.5, 0.6) is 5.75 Å². The van der Waals surface area contributed by atoms with Crippen molar-refractivity contribution >= 4 is 70.3 Å². The summed E-state index contributed by atoms with van der Waals surface area (Å²) in [6, 6.07) is 14.5. The van der Waals surface area contributed by atoms with Gasteiger partial charge >= 0.3 is 18.2 Å². The predicted molar refractivity (Wildman–Crippen MR) is 250 cm³/mol. The fourth-order valence-corrected chi connectivity index (χ4v) is 8.33. The first-order chi connectivity index (χ1) is 30.8. The molecule has 0 aliphatic carbocycles. The maximum Gasteiger partial charge on any atom is 0.408 e. The third-order valence-corrected chi connectivity index (χ3v) is 11.5. The summed E-state index contributed by atoms with van der Waals surface area (Å²) >= 11 is 9.00. The molecule has 16 nitrogen and oxygen atoms in total. The number of esters is 1. The molecule has 2 aromatic heterocycles. The van der Waals surface area contributed by atoms with Crippen LogP contribution in [-0.2, 0) is 29.6 Å². The first-order valence-electron chi connectivity index (χ1n) is 20.9. The van der Waals surface area contributed by atoms with Gasteiger partial charge in [0.25, 0.3) is 0 Å². The molecule has 0 unspecified atom stereocenters. The molecule has 4 aromatic rings. The smallest absolute Gasteiger partial charge is 0.408 e. The number of alkyl carbamates (subject to hydrolysis) is 2. The SMILES string of the molecule is [C-]#[N+]c1c(N2CCCC2)nc(SCc2csc(-c3ccc(Cl)cc3)n2)c(C#N)c1-c1ccc(OCCOC(=O)[C@H](C)NC(=O)[C@H](CCNC(=O)OC(C)(C)C)NC(=O)OC(C)(C)C)cc1. The number of hydrogen-bond acceptors (Lipinski definition) is 14. The van der Waals surface area contributed by atoms with E-state index in [1.807, 2.05) is 29.6 Å². The molecule has 1 aliphatic rings. The van der Waals surface area contributed by atoms with Crippen molar-refractivity contribution in [2.24, 2.45) is 0 Å². The molecule has 3 N–H and O–H groups in total.